The smallest absolute Gasteiger partial charge is 0.278 e. The number of fused-ring (bicyclic) bond motifs is 1. The molecule has 184 valence electrons. The third-order valence-electron chi connectivity index (χ3n) is 6.61. The highest BCUT2D eigenvalue weighted by Gasteiger charge is 2.46. The fourth-order valence-corrected chi connectivity index (χ4v) is 4.28. The molecule has 0 radical (unpaired) electrons. The molecule has 1 fully saturated rings. The lowest BCUT2D eigenvalue weighted by Gasteiger charge is -2.24. The third-order valence-corrected chi connectivity index (χ3v) is 6.61. The van der Waals surface area contributed by atoms with E-state index >= 15 is 4.39 Å². The Labute approximate surface area is 202 Å². The summed E-state index contributed by atoms with van der Waals surface area (Å²) in [6, 6.07) is 7.59. The van der Waals surface area contributed by atoms with Crippen LogP contribution >= 0.6 is 0 Å². The summed E-state index contributed by atoms with van der Waals surface area (Å²) in [6.07, 6.45) is 1.50. The van der Waals surface area contributed by atoms with Gasteiger partial charge >= 0.3 is 0 Å². The number of pyridine rings is 1. The van der Waals surface area contributed by atoms with E-state index in [4.69, 9.17) is 4.74 Å². The number of anilines is 1. The van der Waals surface area contributed by atoms with Gasteiger partial charge in [0, 0.05) is 24.3 Å². The number of halogens is 3. The minimum atomic E-state index is -3.31. The first-order valence-corrected chi connectivity index (χ1v) is 11.6. The van der Waals surface area contributed by atoms with Crippen molar-refractivity contribution in [2.24, 2.45) is 5.92 Å². The SMILES string of the molecule is COCc1nc(N[C@H](C)c2cccc(C(F)(F)C(C)C)c2F)c2cc(C3(C#N)CC3)c(C)nc2n1. The quantitative estimate of drug-likeness (QED) is 0.417. The highest BCUT2D eigenvalue weighted by atomic mass is 19.3. The molecule has 0 bridgehead atoms. The Morgan fingerprint density at radius 2 is 1.91 bits per heavy atom. The molecule has 35 heavy (non-hydrogen) atoms. The van der Waals surface area contributed by atoms with E-state index in [2.05, 4.69) is 26.3 Å². The summed E-state index contributed by atoms with van der Waals surface area (Å²) in [5.41, 5.74) is 0.845. The molecule has 0 amide bonds. The highest BCUT2D eigenvalue weighted by Crippen LogP contribution is 2.49. The van der Waals surface area contributed by atoms with Crippen molar-refractivity contribution in [1.29, 1.82) is 5.26 Å². The van der Waals surface area contributed by atoms with Crippen molar-refractivity contribution >= 4 is 16.9 Å². The van der Waals surface area contributed by atoms with Crippen LogP contribution in [0.3, 0.4) is 0 Å². The molecule has 6 nitrogen and oxygen atoms in total. The Balaban J connectivity index is 1.80. The minimum Gasteiger partial charge on any atom is -0.377 e. The van der Waals surface area contributed by atoms with Crippen LogP contribution in [0, 0.1) is 30.0 Å². The molecular formula is C26H28F3N5O. The molecule has 4 rings (SSSR count). The van der Waals surface area contributed by atoms with Gasteiger partial charge in [0.15, 0.2) is 11.5 Å². The maximum absolute atomic E-state index is 15.3. The largest absolute Gasteiger partial charge is 0.377 e. The lowest BCUT2D eigenvalue weighted by atomic mass is 9.93. The van der Waals surface area contributed by atoms with Gasteiger partial charge in [-0.05, 0) is 38.3 Å². The molecule has 1 aliphatic rings. The van der Waals surface area contributed by atoms with Gasteiger partial charge in [-0.25, -0.2) is 28.1 Å². The maximum atomic E-state index is 15.3. The molecule has 1 N–H and O–H groups in total. The first kappa shape index (κ1) is 24.9. The number of nitrogens with zero attached hydrogens (tertiary/aromatic N) is 4. The summed E-state index contributed by atoms with van der Waals surface area (Å²) in [6.45, 7) is 6.38. The van der Waals surface area contributed by atoms with E-state index in [1.54, 1.807) is 6.92 Å². The van der Waals surface area contributed by atoms with Crippen LogP contribution in [0.1, 0.15) is 67.9 Å². The van der Waals surface area contributed by atoms with E-state index in [1.165, 1.54) is 33.1 Å². The topological polar surface area (TPSA) is 83.7 Å². The number of ether oxygens (including phenoxy) is 1. The highest BCUT2D eigenvalue weighted by molar-refractivity contribution is 5.88. The van der Waals surface area contributed by atoms with E-state index < -0.39 is 34.7 Å². The molecule has 3 aromatic rings. The van der Waals surface area contributed by atoms with E-state index in [0.717, 1.165) is 24.5 Å². The van der Waals surface area contributed by atoms with Gasteiger partial charge < -0.3 is 10.1 Å². The molecule has 1 atom stereocenters. The van der Waals surface area contributed by atoms with E-state index in [9.17, 15) is 14.0 Å². The zero-order valence-corrected chi connectivity index (χ0v) is 20.4. The van der Waals surface area contributed by atoms with Crippen LogP contribution < -0.4 is 5.32 Å². The molecule has 0 aliphatic heterocycles. The minimum absolute atomic E-state index is 0.0962. The standard InChI is InChI=1S/C26H28F3N5O/c1-14(2)26(28,29)19-8-6-7-17(22(19)27)15(3)31-23-18-11-20(25(13-30)9-10-25)16(4)32-24(18)34-21(33-23)12-35-5/h6-8,11,14-15H,9-10,12H2,1-5H3,(H,31,32,33,34)/t15-/m1/s1. The molecule has 0 spiro atoms. The third kappa shape index (κ3) is 4.43. The number of hydrogen-bond donors (Lipinski definition) is 1. The van der Waals surface area contributed by atoms with Crippen LogP contribution in [0.25, 0.3) is 11.0 Å². The molecule has 1 aromatic carbocycles. The summed E-state index contributed by atoms with van der Waals surface area (Å²) < 4.78 is 49.8. The molecule has 0 unspecified atom stereocenters. The second-order valence-corrected chi connectivity index (χ2v) is 9.46. The second kappa shape index (κ2) is 9.08. The molecule has 0 saturated heterocycles. The summed E-state index contributed by atoms with van der Waals surface area (Å²) in [5, 5.41) is 13.4. The van der Waals surface area contributed by atoms with Crippen LogP contribution in [-0.4, -0.2) is 22.1 Å². The van der Waals surface area contributed by atoms with Crippen molar-refractivity contribution < 1.29 is 17.9 Å². The van der Waals surface area contributed by atoms with Crippen molar-refractivity contribution in [3.63, 3.8) is 0 Å². The Morgan fingerprint density at radius 3 is 2.51 bits per heavy atom. The number of rotatable bonds is 8. The Bertz CT molecular complexity index is 1310. The lowest BCUT2D eigenvalue weighted by Crippen LogP contribution is -2.24. The van der Waals surface area contributed by atoms with Crippen molar-refractivity contribution in [1.82, 2.24) is 15.0 Å². The van der Waals surface area contributed by atoms with Gasteiger partial charge in [0.25, 0.3) is 5.92 Å². The van der Waals surface area contributed by atoms with Crippen LogP contribution in [0.15, 0.2) is 24.3 Å². The Morgan fingerprint density at radius 1 is 1.20 bits per heavy atom. The van der Waals surface area contributed by atoms with E-state index in [-0.39, 0.29) is 12.2 Å². The number of nitrogens with one attached hydrogen (secondary N) is 1. The van der Waals surface area contributed by atoms with Gasteiger partial charge in [0.1, 0.15) is 18.2 Å². The predicted octanol–water partition coefficient (Wildman–Crippen LogP) is 6.09. The number of nitriles is 1. The van der Waals surface area contributed by atoms with Crippen LogP contribution in [-0.2, 0) is 22.7 Å². The van der Waals surface area contributed by atoms with E-state index in [1.807, 2.05) is 13.0 Å². The number of methoxy groups -OCH3 is 1. The lowest BCUT2D eigenvalue weighted by molar-refractivity contribution is -0.0545. The zero-order chi connectivity index (χ0) is 25.5. The van der Waals surface area contributed by atoms with Gasteiger partial charge in [-0.1, -0.05) is 32.0 Å². The molecule has 2 aromatic heterocycles. The number of alkyl halides is 2. The Hall–Kier alpha value is -3.25. The first-order chi connectivity index (χ1) is 16.5. The summed E-state index contributed by atoms with van der Waals surface area (Å²) >= 11 is 0. The number of benzene rings is 1. The fourth-order valence-electron chi connectivity index (χ4n) is 4.28. The molecule has 1 saturated carbocycles. The van der Waals surface area contributed by atoms with Crippen molar-refractivity contribution in [2.75, 3.05) is 12.4 Å². The fraction of sp³-hybridized carbons (Fsp3) is 0.462. The van der Waals surface area contributed by atoms with Gasteiger partial charge in [-0.3, -0.25) is 0 Å². The van der Waals surface area contributed by atoms with E-state index in [0.29, 0.717) is 28.4 Å². The van der Waals surface area contributed by atoms with Gasteiger partial charge in [-0.15, -0.1) is 0 Å². The summed E-state index contributed by atoms with van der Waals surface area (Å²) in [4.78, 5) is 13.6. The first-order valence-electron chi connectivity index (χ1n) is 11.6. The van der Waals surface area contributed by atoms with Gasteiger partial charge in [-0.2, -0.15) is 5.26 Å². The van der Waals surface area contributed by atoms with Crippen LogP contribution in [0.5, 0.6) is 0 Å². The monoisotopic (exact) mass is 483 g/mol. The molecule has 2 heterocycles. The molecular weight excluding hydrogens is 455 g/mol. The van der Waals surface area contributed by atoms with Gasteiger partial charge in [0.2, 0.25) is 0 Å². The average Bonchev–Trinajstić information content (AvgIpc) is 3.59. The van der Waals surface area contributed by atoms with Crippen LogP contribution in [0.2, 0.25) is 0 Å². The normalized spacial score (nSPS) is 15.8. The Kier molecular flexibility index (Phi) is 6.45. The summed E-state index contributed by atoms with van der Waals surface area (Å²) in [5.74, 6) is -4.56. The second-order valence-electron chi connectivity index (χ2n) is 9.46. The zero-order valence-electron chi connectivity index (χ0n) is 20.4. The van der Waals surface area contributed by atoms with Gasteiger partial charge in [0.05, 0.1) is 28.5 Å². The average molecular weight is 484 g/mol. The van der Waals surface area contributed by atoms with Crippen molar-refractivity contribution in [3.8, 4) is 6.07 Å². The molecule has 1 aliphatic carbocycles. The molecule has 9 heteroatoms. The van der Waals surface area contributed by atoms with Crippen LogP contribution in [0.4, 0.5) is 19.0 Å². The predicted molar refractivity (Wildman–Crippen MR) is 126 cm³/mol. The summed E-state index contributed by atoms with van der Waals surface area (Å²) in [7, 11) is 1.52. The number of aromatic nitrogens is 3. The number of hydrogen-bond acceptors (Lipinski definition) is 6. The number of aryl methyl sites for hydroxylation is 1. The maximum Gasteiger partial charge on any atom is 0.278 e. The van der Waals surface area contributed by atoms with Crippen molar-refractivity contribution in [2.45, 2.75) is 64.5 Å². The van der Waals surface area contributed by atoms with Crippen molar-refractivity contribution in [3.05, 3.63) is 58.3 Å².